The Bertz CT molecular complexity index is 1680. The van der Waals surface area contributed by atoms with E-state index >= 15 is 26.3 Å². The number of ether oxygens (including phenoxy) is 5. The van der Waals surface area contributed by atoms with E-state index in [2.05, 4.69) is 0 Å². The van der Waals surface area contributed by atoms with Crippen LogP contribution in [-0.4, -0.2) is 75.9 Å². The topological polar surface area (TPSA) is 114 Å². The predicted molar refractivity (Wildman–Crippen MR) is 151 cm³/mol. The minimum absolute atomic E-state index is 0.554. The van der Waals surface area contributed by atoms with E-state index in [0.29, 0.717) is 0 Å². The Balaban J connectivity index is 1.18. The molecule has 51 heavy (non-hydrogen) atoms. The molecule has 0 amide bonds. The summed E-state index contributed by atoms with van der Waals surface area (Å²) in [5, 5.41) is 0. The summed E-state index contributed by atoms with van der Waals surface area (Å²) in [6.07, 6.45) is -3.94. The molecule has 10 saturated carbocycles. The van der Waals surface area contributed by atoms with E-state index in [1.165, 1.54) is 0 Å². The lowest BCUT2D eigenvalue weighted by Crippen LogP contribution is -2.74. The summed E-state index contributed by atoms with van der Waals surface area (Å²) in [5.41, 5.74) is -14.5. The van der Waals surface area contributed by atoms with Crippen LogP contribution >= 0.6 is 0 Å². The number of esters is 4. The molecule has 0 N–H and O–H groups in total. The van der Waals surface area contributed by atoms with Crippen molar-refractivity contribution in [2.45, 2.75) is 23.6 Å². The Kier molecular flexibility index (Phi) is 4.54. The molecule has 12 fully saturated rings. The van der Waals surface area contributed by atoms with Crippen LogP contribution in [0.15, 0.2) is 24.3 Å². The fraction of sp³-hybridized carbons (Fsp3) is 0.778. The quantitative estimate of drug-likeness (QED) is 0.187. The van der Waals surface area contributed by atoms with E-state index in [4.69, 9.17) is 23.7 Å². The standard InChI is InChI=1S/C36H32F6O9/c1-47-25(43)29-9-5-6-10-13(9)15-17(29)21-22(18(15)30(10,29)26(44)48-2)34(36(40,41)42)24-20-16-14-11-7-8-12(14)32(20,28(46)50-4)31(11,27(45)49-3)19(16)23(24)33(21,51-34)35(37,38)39/h5-24H,1-4H3. The molecular formula is C36H32F6O9. The van der Waals surface area contributed by atoms with Crippen molar-refractivity contribution in [2.75, 3.05) is 28.4 Å². The van der Waals surface area contributed by atoms with Crippen LogP contribution in [0.2, 0.25) is 0 Å². The lowest BCUT2D eigenvalue weighted by molar-refractivity contribution is -0.331. The summed E-state index contributed by atoms with van der Waals surface area (Å²) in [5.74, 6) is -22.3. The molecule has 16 atom stereocenters. The zero-order chi connectivity index (χ0) is 35.9. The molecule has 2 heterocycles. The molecule has 0 aromatic carbocycles. The minimum Gasteiger partial charge on any atom is -0.469 e. The third kappa shape index (κ3) is 2.01. The van der Waals surface area contributed by atoms with Gasteiger partial charge in [0, 0.05) is 23.7 Å². The van der Waals surface area contributed by atoms with Gasteiger partial charge in [0.05, 0.1) is 50.1 Å². The Hall–Kier alpha value is -3.10. The summed E-state index contributed by atoms with van der Waals surface area (Å²) < 4.78 is 127. The molecule has 18 bridgehead atoms. The maximum absolute atomic E-state index is 16.6. The average Bonchev–Trinajstić information content (AvgIpc) is 3.93. The maximum atomic E-state index is 16.6. The number of alkyl halides is 6. The first-order valence-corrected chi connectivity index (χ1v) is 17.6. The fourth-order valence-corrected chi connectivity index (χ4v) is 19.4. The first kappa shape index (κ1) is 30.4. The monoisotopic (exact) mass is 722 g/mol. The Morgan fingerprint density at radius 2 is 0.686 bits per heavy atom. The van der Waals surface area contributed by atoms with Crippen LogP contribution in [0, 0.1) is 116 Å². The number of allylic oxidation sites excluding steroid dienone is 4. The number of hydrogen-bond donors (Lipinski definition) is 0. The first-order chi connectivity index (χ1) is 24.1. The van der Waals surface area contributed by atoms with Crippen LogP contribution in [0.1, 0.15) is 0 Å². The zero-order valence-corrected chi connectivity index (χ0v) is 27.5. The summed E-state index contributed by atoms with van der Waals surface area (Å²) in [6, 6.07) is 0. The van der Waals surface area contributed by atoms with Crippen molar-refractivity contribution in [3.8, 4) is 0 Å². The second-order valence-corrected chi connectivity index (χ2v) is 17.5. The van der Waals surface area contributed by atoms with Crippen molar-refractivity contribution in [3.63, 3.8) is 0 Å². The van der Waals surface area contributed by atoms with E-state index in [1.54, 1.807) is 24.3 Å². The van der Waals surface area contributed by atoms with Gasteiger partial charge in [0.1, 0.15) is 0 Å². The van der Waals surface area contributed by atoms with Crippen molar-refractivity contribution in [3.05, 3.63) is 24.3 Å². The summed E-state index contributed by atoms with van der Waals surface area (Å²) in [6.45, 7) is 0. The first-order valence-electron chi connectivity index (χ1n) is 17.6. The zero-order valence-electron chi connectivity index (χ0n) is 27.5. The average molecular weight is 723 g/mol. The van der Waals surface area contributed by atoms with Crippen LogP contribution in [0.5, 0.6) is 0 Å². The minimum atomic E-state index is -5.40. The van der Waals surface area contributed by atoms with Gasteiger partial charge in [0.15, 0.2) is 11.2 Å². The van der Waals surface area contributed by atoms with Gasteiger partial charge in [-0.1, -0.05) is 24.3 Å². The van der Waals surface area contributed by atoms with E-state index in [0.717, 1.165) is 28.4 Å². The molecule has 2 aliphatic heterocycles. The molecule has 272 valence electrons. The highest BCUT2D eigenvalue weighted by molar-refractivity contribution is 5.97. The molecule has 0 aromatic heterocycles. The fourth-order valence-electron chi connectivity index (χ4n) is 19.4. The third-order valence-electron chi connectivity index (χ3n) is 18.5. The highest BCUT2D eigenvalue weighted by atomic mass is 19.4. The van der Waals surface area contributed by atoms with Crippen molar-refractivity contribution >= 4 is 23.9 Å². The van der Waals surface area contributed by atoms with Crippen LogP contribution in [0.25, 0.3) is 0 Å². The molecule has 14 aliphatic rings. The number of carbonyl (C=O) groups excluding carboxylic acids is 4. The van der Waals surface area contributed by atoms with Gasteiger partial charge >= 0.3 is 36.2 Å². The van der Waals surface area contributed by atoms with E-state index in [1.807, 2.05) is 0 Å². The van der Waals surface area contributed by atoms with Gasteiger partial charge in [0.2, 0.25) is 0 Å². The van der Waals surface area contributed by atoms with Crippen molar-refractivity contribution in [1.29, 1.82) is 0 Å². The van der Waals surface area contributed by atoms with Crippen LogP contribution in [-0.2, 0) is 42.9 Å². The second-order valence-electron chi connectivity index (χ2n) is 17.5. The number of hydrogen-bond acceptors (Lipinski definition) is 9. The van der Waals surface area contributed by atoms with E-state index < -0.39 is 164 Å². The molecule has 12 aliphatic carbocycles. The van der Waals surface area contributed by atoms with Gasteiger partial charge in [-0.2, -0.15) is 26.3 Å². The van der Waals surface area contributed by atoms with Crippen molar-refractivity contribution in [1.82, 2.24) is 0 Å². The number of rotatable bonds is 4. The number of fused-ring (bicyclic) bond motifs is 8. The molecular weight excluding hydrogens is 690 g/mol. The Labute approximate surface area is 285 Å². The highest BCUT2D eigenvalue weighted by Crippen LogP contribution is 3.02. The predicted octanol–water partition coefficient (Wildman–Crippen LogP) is 3.38. The number of carbonyl (C=O) groups is 4. The molecule has 14 rings (SSSR count). The van der Waals surface area contributed by atoms with Crippen LogP contribution in [0.4, 0.5) is 26.3 Å². The molecule has 0 aromatic rings. The Morgan fingerprint density at radius 3 is 0.882 bits per heavy atom. The van der Waals surface area contributed by atoms with Crippen LogP contribution < -0.4 is 0 Å². The second kappa shape index (κ2) is 7.62. The summed E-state index contributed by atoms with van der Waals surface area (Å²) in [4.78, 5) is 57.1. The molecule has 15 heteroatoms. The van der Waals surface area contributed by atoms with E-state index in [-0.39, 0.29) is 0 Å². The third-order valence-corrected chi connectivity index (χ3v) is 18.5. The lowest BCUT2D eigenvalue weighted by atomic mass is 9.36. The van der Waals surface area contributed by atoms with Gasteiger partial charge in [-0.25, -0.2) is 0 Å². The maximum Gasteiger partial charge on any atom is 0.418 e. The smallest absolute Gasteiger partial charge is 0.418 e. The summed E-state index contributed by atoms with van der Waals surface area (Å²) >= 11 is 0. The highest BCUT2D eigenvalue weighted by Gasteiger charge is 3.10. The molecule has 2 saturated heterocycles. The van der Waals surface area contributed by atoms with Gasteiger partial charge in [-0.3, -0.25) is 19.2 Å². The summed E-state index contributed by atoms with van der Waals surface area (Å²) in [7, 11) is 4.30. The van der Waals surface area contributed by atoms with Gasteiger partial charge in [-0.05, 0) is 71.0 Å². The molecule has 0 radical (unpaired) electrons. The van der Waals surface area contributed by atoms with Crippen molar-refractivity contribution in [2.24, 2.45) is 116 Å². The Morgan fingerprint density at radius 1 is 0.451 bits per heavy atom. The van der Waals surface area contributed by atoms with Crippen LogP contribution in [0.3, 0.4) is 0 Å². The normalized spacial score (nSPS) is 62.9. The largest absolute Gasteiger partial charge is 0.469 e. The van der Waals surface area contributed by atoms with E-state index in [9.17, 15) is 19.2 Å². The van der Waals surface area contributed by atoms with Crippen molar-refractivity contribution < 1.29 is 69.2 Å². The van der Waals surface area contributed by atoms with Gasteiger partial charge in [-0.15, -0.1) is 0 Å². The number of methoxy groups -OCH3 is 4. The molecule has 0 spiro atoms. The molecule has 16 unspecified atom stereocenters. The SMILES string of the molecule is COC(=O)C12C3C=CC4C3C3C1C1C(C3C42C(=O)OC)C2(C(F)(F)F)OC1(C(F)(F)F)C1C2C2C3C4C5C=CC4C2(C(=O)OC)C5(C(=O)OC)C31. The van der Waals surface area contributed by atoms with Gasteiger partial charge < -0.3 is 23.7 Å². The van der Waals surface area contributed by atoms with Gasteiger partial charge in [0.25, 0.3) is 0 Å². The molecule has 9 nitrogen and oxygen atoms in total. The number of halogens is 6. The lowest BCUT2D eigenvalue weighted by Gasteiger charge is -2.63.